The second-order valence-corrected chi connectivity index (χ2v) is 11.1. The minimum absolute atomic E-state index is 0.0174. The smallest absolute Gasteiger partial charge is 0.338 e. The Morgan fingerprint density at radius 1 is 1.05 bits per heavy atom. The molecule has 11 heteroatoms. The number of carbonyl (C=O) groups excluding carboxylic acids is 1. The highest BCUT2D eigenvalue weighted by atomic mass is 16.7. The number of esters is 1. The first kappa shape index (κ1) is 33.1. The standard InChI is InChI=1S/C27H48O11/c1-8-16(14-28)9-15(2)19-10-17(34-5)13-22(29)26(3,4)27(33)24(31)21(36-7)12-18(38-27)11-20(35-6)23(30)25(32)37-19/h9,16-24,28-31,33H,8,10-14H2,1-7H3/t16-,17+,18?,19?,20-,21-,22?,23+,24?,27?/m1/s1. The number of aliphatic hydroxyl groups excluding tert-OH is 4. The highest BCUT2D eigenvalue weighted by Crippen LogP contribution is 2.46. The topological polar surface area (TPSA) is 164 Å². The van der Waals surface area contributed by atoms with Crippen molar-refractivity contribution < 1.29 is 54.0 Å². The number of cyclic esters (lactones) is 1. The molecule has 0 aromatic carbocycles. The molecule has 2 rings (SSSR count). The molecule has 0 radical (unpaired) electrons. The molecule has 2 aliphatic heterocycles. The predicted octanol–water partition coefficient (Wildman–Crippen LogP) is 0.678. The molecule has 5 N–H and O–H groups in total. The lowest BCUT2D eigenvalue weighted by atomic mass is 9.70. The number of methoxy groups -OCH3 is 3. The minimum atomic E-state index is -2.23. The molecule has 2 aliphatic rings. The van der Waals surface area contributed by atoms with Gasteiger partial charge in [-0.1, -0.05) is 26.8 Å². The number of carbonyl (C=O) groups is 1. The molecule has 0 amide bonds. The van der Waals surface area contributed by atoms with Gasteiger partial charge in [-0.3, -0.25) is 0 Å². The minimum Gasteiger partial charge on any atom is -0.456 e. The normalized spacial score (nSPS) is 40.2. The van der Waals surface area contributed by atoms with Crippen LogP contribution in [0.3, 0.4) is 0 Å². The summed E-state index contributed by atoms with van der Waals surface area (Å²) in [5, 5.41) is 54.7. The fraction of sp³-hybridized carbons (Fsp3) is 0.889. The van der Waals surface area contributed by atoms with Gasteiger partial charge in [0.05, 0.1) is 30.5 Å². The maximum Gasteiger partial charge on any atom is 0.338 e. The number of ether oxygens (including phenoxy) is 5. The first-order valence-corrected chi connectivity index (χ1v) is 13.3. The van der Waals surface area contributed by atoms with E-state index in [1.165, 1.54) is 21.3 Å². The van der Waals surface area contributed by atoms with E-state index in [4.69, 9.17) is 23.7 Å². The summed E-state index contributed by atoms with van der Waals surface area (Å²) in [6.07, 6.45) is -5.71. The van der Waals surface area contributed by atoms with Crippen molar-refractivity contribution >= 4 is 5.97 Å². The molecule has 2 saturated heterocycles. The monoisotopic (exact) mass is 548 g/mol. The van der Waals surface area contributed by atoms with Crippen LogP contribution in [0, 0.1) is 11.3 Å². The second-order valence-electron chi connectivity index (χ2n) is 11.1. The molecule has 5 unspecified atom stereocenters. The molecule has 2 heterocycles. The zero-order valence-corrected chi connectivity index (χ0v) is 23.7. The third-order valence-electron chi connectivity index (χ3n) is 8.37. The molecule has 10 atom stereocenters. The predicted molar refractivity (Wildman–Crippen MR) is 137 cm³/mol. The third-order valence-corrected chi connectivity index (χ3v) is 8.37. The first-order valence-electron chi connectivity index (χ1n) is 13.3. The maximum absolute atomic E-state index is 13.1. The quantitative estimate of drug-likeness (QED) is 0.224. The van der Waals surface area contributed by atoms with Crippen LogP contribution in [0.5, 0.6) is 0 Å². The molecule has 222 valence electrons. The van der Waals surface area contributed by atoms with E-state index < -0.39 is 66.0 Å². The molecule has 0 saturated carbocycles. The maximum atomic E-state index is 13.1. The van der Waals surface area contributed by atoms with Crippen molar-refractivity contribution in [2.45, 2.75) is 114 Å². The summed E-state index contributed by atoms with van der Waals surface area (Å²) in [7, 11) is 4.20. The van der Waals surface area contributed by atoms with E-state index in [1.807, 2.05) is 13.0 Å². The van der Waals surface area contributed by atoms with E-state index in [0.29, 0.717) is 12.0 Å². The second kappa shape index (κ2) is 14.0. The summed E-state index contributed by atoms with van der Waals surface area (Å²) in [5.41, 5.74) is -0.730. The number of rotatable bonds is 7. The highest BCUT2D eigenvalue weighted by molar-refractivity contribution is 5.75. The van der Waals surface area contributed by atoms with Crippen molar-refractivity contribution in [3.8, 4) is 0 Å². The average Bonchev–Trinajstić information content (AvgIpc) is 2.89. The van der Waals surface area contributed by atoms with Gasteiger partial charge in [0.25, 0.3) is 0 Å². The molecule has 0 aliphatic carbocycles. The molecule has 0 spiro atoms. The lowest BCUT2D eigenvalue weighted by Gasteiger charge is -2.54. The zero-order chi connectivity index (χ0) is 28.8. The fourth-order valence-electron chi connectivity index (χ4n) is 5.30. The van der Waals surface area contributed by atoms with Crippen molar-refractivity contribution in [1.82, 2.24) is 0 Å². The summed E-state index contributed by atoms with van der Waals surface area (Å²) < 4.78 is 28.3. The summed E-state index contributed by atoms with van der Waals surface area (Å²) >= 11 is 0. The van der Waals surface area contributed by atoms with Gasteiger partial charge in [-0.05, 0) is 18.9 Å². The summed E-state index contributed by atoms with van der Waals surface area (Å²) in [6, 6.07) is 0. The van der Waals surface area contributed by atoms with Crippen LogP contribution in [0.1, 0.15) is 59.8 Å². The van der Waals surface area contributed by atoms with Gasteiger partial charge in [0.15, 0.2) is 6.10 Å². The molecule has 2 fully saturated rings. The Morgan fingerprint density at radius 2 is 1.66 bits per heavy atom. The lowest BCUT2D eigenvalue weighted by Crippen LogP contribution is -2.68. The molecule has 0 aromatic rings. The Morgan fingerprint density at radius 3 is 2.18 bits per heavy atom. The Labute approximate surface area is 225 Å². The Bertz CT molecular complexity index is 783. The van der Waals surface area contributed by atoms with Gasteiger partial charge in [0.2, 0.25) is 5.79 Å². The Hall–Kier alpha value is -1.15. The number of hydrogen-bond donors (Lipinski definition) is 5. The molecule has 38 heavy (non-hydrogen) atoms. The van der Waals surface area contributed by atoms with Gasteiger partial charge < -0.3 is 49.2 Å². The third kappa shape index (κ3) is 7.13. The first-order chi connectivity index (χ1) is 17.8. The van der Waals surface area contributed by atoms with Gasteiger partial charge >= 0.3 is 5.97 Å². The van der Waals surface area contributed by atoms with E-state index >= 15 is 0 Å². The van der Waals surface area contributed by atoms with Crippen LogP contribution in [0.2, 0.25) is 0 Å². The molecular weight excluding hydrogens is 500 g/mol. The van der Waals surface area contributed by atoms with Crippen molar-refractivity contribution in [3.05, 3.63) is 11.6 Å². The number of fused-ring (bicyclic) bond motifs is 2. The largest absolute Gasteiger partial charge is 0.456 e. The van der Waals surface area contributed by atoms with Gasteiger partial charge in [0, 0.05) is 65.0 Å². The van der Waals surface area contributed by atoms with Crippen LogP contribution in [-0.2, 0) is 28.5 Å². The number of aliphatic hydroxyl groups is 5. The van der Waals surface area contributed by atoms with Crippen LogP contribution in [0.25, 0.3) is 0 Å². The Balaban J connectivity index is 2.56. The summed E-state index contributed by atoms with van der Waals surface area (Å²) in [6.45, 7) is 6.81. The summed E-state index contributed by atoms with van der Waals surface area (Å²) in [5.74, 6) is -3.29. The van der Waals surface area contributed by atoms with E-state index in [9.17, 15) is 30.3 Å². The van der Waals surface area contributed by atoms with Crippen LogP contribution in [0.4, 0.5) is 0 Å². The SMILES string of the molecule is CC[C@H](C=C(C)C1C[C@H](OC)CC(O)C(C)(C)C2(O)OC(C[C@@H](OC)C2O)C[C@@H](OC)[C@H](O)C(=O)O1)CO. The highest BCUT2D eigenvalue weighted by Gasteiger charge is 2.60. The van der Waals surface area contributed by atoms with Crippen LogP contribution in [0.15, 0.2) is 11.6 Å². The van der Waals surface area contributed by atoms with E-state index in [2.05, 4.69) is 0 Å². The van der Waals surface area contributed by atoms with Crippen LogP contribution < -0.4 is 0 Å². The van der Waals surface area contributed by atoms with E-state index in [-0.39, 0.29) is 38.2 Å². The fourth-order valence-corrected chi connectivity index (χ4v) is 5.30. The van der Waals surface area contributed by atoms with Gasteiger partial charge in [-0.15, -0.1) is 0 Å². The van der Waals surface area contributed by atoms with Crippen molar-refractivity contribution in [2.75, 3.05) is 27.9 Å². The molecule has 2 bridgehead atoms. The Kier molecular flexibility index (Phi) is 12.1. The van der Waals surface area contributed by atoms with Crippen molar-refractivity contribution in [1.29, 1.82) is 0 Å². The van der Waals surface area contributed by atoms with E-state index in [0.717, 1.165) is 0 Å². The van der Waals surface area contributed by atoms with E-state index in [1.54, 1.807) is 20.8 Å². The lowest BCUT2D eigenvalue weighted by molar-refractivity contribution is -0.379. The zero-order valence-electron chi connectivity index (χ0n) is 23.7. The number of hydrogen-bond acceptors (Lipinski definition) is 11. The van der Waals surface area contributed by atoms with Crippen molar-refractivity contribution in [2.24, 2.45) is 11.3 Å². The molecular formula is C27H48O11. The average molecular weight is 549 g/mol. The van der Waals surface area contributed by atoms with Gasteiger partial charge in [0.1, 0.15) is 12.2 Å². The molecule has 11 nitrogen and oxygen atoms in total. The molecule has 0 aromatic heterocycles. The van der Waals surface area contributed by atoms with Crippen LogP contribution in [-0.4, -0.2) is 114 Å². The summed E-state index contributed by atoms with van der Waals surface area (Å²) in [4.78, 5) is 13.1. The van der Waals surface area contributed by atoms with Crippen LogP contribution >= 0.6 is 0 Å². The van der Waals surface area contributed by atoms with Gasteiger partial charge in [-0.25, -0.2) is 4.79 Å². The van der Waals surface area contributed by atoms with Crippen molar-refractivity contribution in [3.63, 3.8) is 0 Å². The van der Waals surface area contributed by atoms with Gasteiger partial charge in [-0.2, -0.15) is 0 Å².